The molecule has 1 aliphatic rings. The summed E-state index contributed by atoms with van der Waals surface area (Å²) in [4.78, 5) is 37.1. The molecule has 0 saturated carbocycles. The van der Waals surface area contributed by atoms with Crippen molar-refractivity contribution in [2.75, 3.05) is 6.79 Å². The quantitative estimate of drug-likeness (QED) is 0.262. The van der Waals surface area contributed by atoms with Crippen LogP contribution >= 0.6 is 11.3 Å². The van der Waals surface area contributed by atoms with Gasteiger partial charge in [-0.2, -0.15) is 0 Å². The van der Waals surface area contributed by atoms with Gasteiger partial charge in [-0.25, -0.2) is 4.40 Å². The number of furan rings is 1. The van der Waals surface area contributed by atoms with Crippen molar-refractivity contribution in [3.05, 3.63) is 107 Å². The number of rotatable bonds is 5. The lowest BCUT2D eigenvalue weighted by Gasteiger charge is -2.02. The van der Waals surface area contributed by atoms with Crippen LogP contribution in [0.4, 0.5) is 5.69 Å². The second-order valence-corrected chi connectivity index (χ2v) is 8.84. The minimum Gasteiger partial charge on any atom is -0.456 e. The van der Waals surface area contributed by atoms with E-state index in [0.29, 0.717) is 22.8 Å². The van der Waals surface area contributed by atoms with Crippen molar-refractivity contribution in [3.8, 4) is 22.8 Å². The highest BCUT2D eigenvalue weighted by atomic mass is 32.1. The van der Waals surface area contributed by atoms with Crippen LogP contribution in [-0.2, 0) is 6.42 Å². The Balaban J connectivity index is 1.36. The molecular weight excluding hydrogens is 488 g/mol. The van der Waals surface area contributed by atoms with Crippen molar-refractivity contribution >= 4 is 28.1 Å². The third kappa shape index (κ3) is 3.69. The maximum Gasteiger partial charge on any atom is 0.283 e. The molecule has 0 amide bonds. The molecule has 4 heterocycles. The van der Waals surface area contributed by atoms with Crippen molar-refractivity contribution in [3.63, 3.8) is 0 Å². The van der Waals surface area contributed by atoms with Gasteiger partial charge in [0.2, 0.25) is 11.8 Å². The van der Waals surface area contributed by atoms with Crippen molar-refractivity contribution in [1.82, 2.24) is 14.6 Å². The Hall–Kier alpha value is -4.84. The number of nitrogens with zero attached hydrogens (tertiary/aromatic N) is 4. The first kappa shape index (κ1) is 21.7. The van der Waals surface area contributed by atoms with Gasteiger partial charge in [0.05, 0.1) is 10.5 Å². The van der Waals surface area contributed by atoms with Crippen LogP contribution in [0.5, 0.6) is 11.5 Å². The topological polar surface area (TPSA) is 139 Å². The standard InChI is InChI=1S/C24H14N4O7S/c29-22-16(9-13-5-7-19-20(10-13)34-12-33-19)25-26-24-27(22)23(30)21(36-24)11-14-6-8-18(35-14)15-3-1-2-4-17(15)28(31)32/h1-8,10-11H,9,12H2/b21-11-. The lowest BCUT2D eigenvalue weighted by Crippen LogP contribution is -2.33. The average molecular weight is 502 g/mol. The molecular formula is C24H14N4O7S. The van der Waals surface area contributed by atoms with E-state index in [0.717, 1.165) is 21.3 Å². The smallest absolute Gasteiger partial charge is 0.283 e. The van der Waals surface area contributed by atoms with Gasteiger partial charge in [0.15, 0.2) is 11.5 Å². The molecule has 0 aliphatic carbocycles. The fourth-order valence-electron chi connectivity index (χ4n) is 3.90. The van der Waals surface area contributed by atoms with Crippen molar-refractivity contribution < 1.29 is 18.8 Å². The predicted octanol–water partition coefficient (Wildman–Crippen LogP) is 2.55. The highest BCUT2D eigenvalue weighted by Crippen LogP contribution is 2.33. The van der Waals surface area contributed by atoms with Crippen LogP contribution in [0.15, 0.2) is 68.6 Å². The number of para-hydroxylation sites is 1. The van der Waals surface area contributed by atoms with E-state index < -0.39 is 16.0 Å². The Bertz CT molecular complexity index is 1840. The lowest BCUT2D eigenvalue weighted by atomic mass is 10.1. The van der Waals surface area contributed by atoms with E-state index in [1.165, 1.54) is 12.1 Å². The molecule has 11 nitrogen and oxygen atoms in total. The van der Waals surface area contributed by atoms with Gasteiger partial charge in [-0.05, 0) is 35.9 Å². The summed E-state index contributed by atoms with van der Waals surface area (Å²) in [7, 11) is 0. The number of hydrogen-bond acceptors (Lipinski definition) is 10. The summed E-state index contributed by atoms with van der Waals surface area (Å²) in [6, 6.07) is 14.7. The average Bonchev–Trinajstić information content (AvgIpc) is 3.60. The molecule has 178 valence electrons. The monoisotopic (exact) mass is 502 g/mol. The maximum atomic E-state index is 13.1. The van der Waals surface area contributed by atoms with Crippen LogP contribution in [0.3, 0.4) is 0 Å². The highest BCUT2D eigenvalue weighted by Gasteiger charge is 2.19. The Labute approximate surface area is 204 Å². The van der Waals surface area contributed by atoms with Gasteiger partial charge in [0.25, 0.3) is 16.8 Å². The van der Waals surface area contributed by atoms with Crippen LogP contribution in [-0.4, -0.2) is 26.3 Å². The molecule has 0 atom stereocenters. The van der Waals surface area contributed by atoms with Gasteiger partial charge < -0.3 is 13.9 Å². The minimum atomic E-state index is -0.557. The molecule has 0 fully saturated rings. The fraction of sp³-hybridized carbons (Fsp3) is 0.0833. The van der Waals surface area contributed by atoms with Gasteiger partial charge in [-0.3, -0.25) is 19.7 Å². The predicted molar refractivity (Wildman–Crippen MR) is 128 cm³/mol. The number of ether oxygens (including phenoxy) is 2. The molecule has 12 heteroatoms. The van der Waals surface area contributed by atoms with Crippen molar-refractivity contribution in [2.24, 2.45) is 0 Å². The Morgan fingerprint density at radius 2 is 1.86 bits per heavy atom. The molecule has 0 N–H and O–H groups in total. The molecule has 2 aromatic carbocycles. The number of hydrogen-bond donors (Lipinski definition) is 0. The van der Waals surface area contributed by atoms with E-state index in [4.69, 9.17) is 13.9 Å². The van der Waals surface area contributed by atoms with Gasteiger partial charge in [-0.1, -0.05) is 29.5 Å². The molecule has 5 aromatic rings. The summed E-state index contributed by atoms with van der Waals surface area (Å²) in [5, 5.41) is 19.4. The minimum absolute atomic E-state index is 0.0957. The Kier molecular flexibility index (Phi) is 5.08. The molecule has 0 saturated heterocycles. The molecule has 6 rings (SSSR count). The molecule has 1 aliphatic heterocycles. The van der Waals surface area contributed by atoms with Crippen molar-refractivity contribution in [1.29, 1.82) is 0 Å². The summed E-state index contributed by atoms with van der Waals surface area (Å²) in [6.45, 7) is 0.139. The Morgan fingerprint density at radius 1 is 1.03 bits per heavy atom. The van der Waals surface area contributed by atoms with E-state index >= 15 is 0 Å². The highest BCUT2D eigenvalue weighted by molar-refractivity contribution is 7.15. The van der Waals surface area contributed by atoms with Gasteiger partial charge in [0, 0.05) is 18.6 Å². The second-order valence-electron chi connectivity index (χ2n) is 7.83. The first-order chi connectivity index (χ1) is 17.5. The third-order valence-electron chi connectivity index (χ3n) is 5.59. The Morgan fingerprint density at radius 3 is 2.72 bits per heavy atom. The van der Waals surface area contributed by atoms with E-state index in [2.05, 4.69) is 10.2 Å². The molecule has 3 aromatic heterocycles. The molecule has 0 unspecified atom stereocenters. The molecule has 0 bridgehead atoms. The SMILES string of the molecule is O=c1c(Cc2ccc3c(c2)OCO3)nnc2s/c(=C\c3ccc(-c4ccccc4[N+](=O)[O-])o3)c(=O)n12. The summed E-state index contributed by atoms with van der Waals surface area (Å²) >= 11 is 0.994. The number of benzene rings is 2. The van der Waals surface area contributed by atoms with Gasteiger partial charge in [-0.15, -0.1) is 10.2 Å². The van der Waals surface area contributed by atoms with E-state index in [1.807, 2.05) is 0 Å². The molecule has 0 spiro atoms. The normalized spacial score (nSPS) is 12.9. The summed E-state index contributed by atoms with van der Waals surface area (Å²) < 4.78 is 17.6. The first-order valence-corrected chi connectivity index (χ1v) is 11.4. The van der Waals surface area contributed by atoms with Crippen LogP contribution in [0.2, 0.25) is 0 Å². The molecule has 36 heavy (non-hydrogen) atoms. The van der Waals surface area contributed by atoms with Crippen LogP contribution in [0.25, 0.3) is 22.4 Å². The van der Waals surface area contributed by atoms with E-state index in [1.54, 1.807) is 48.5 Å². The number of thiazole rings is 1. The van der Waals surface area contributed by atoms with E-state index in [9.17, 15) is 19.7 Å². The lowest BCUT2D eigenvalue weighted by molar-refractivity contribution is -0.384. The van der Waals surface area contributed by atoms with Crippen LogP contribution in [0, 0.1) is 10.1 Å². The zero-order chi connectivity index (χ0) is 24.8. The van der Waals surface area contributed by atoms with E-state index in [-0.39, 0.29) is 39.8 Å². The van der Waals surface area contributed by atoms with Crippen LogP contribution < -0.4 is 25.1 Å². The largest absolute Gasteiger partial charge is 0.456 e. The third-order valence-corrected chi connectivity index (χ3v) is 6.55. The number of aromatic nitrogens is 3. The number of nitro groups is 1. The summed E-state index contributed by atoms with van der Waals surface area (Å²) in [5.41, 5.74) is -0.00978. The van der Waals surface area contributed by atoms with Gasteiger partial charge in [0.1, 0.15) is 21.7 Å². The maximum absolute atomic E-state index is 13.1. The summed E-state index contributed by atoms with van der Waals surface area (Å²) in [6.07, 6.45) is 1.63. The number of fused-ring (bicyclic) bond motifs is 2. The van der Waals surface area contributed by atoms with Crippen LogP contribution in [0.1, 0.15) is 17.0 Å². The first-order valence-electron chi connectivity index (χ1n) is 10.6. The molecule has 0 radical (unpaired) electrons. The zero-order valence-electron chi connectivity index (χ0n) is 18.2. The zero-order valence-corrected chi connectivity index (χ0v) is 19.1. The number of nitro benzene ring substituents is 1. The second kappa shape index (κ2) is 8.43. The van der Waals surface area contributed by atoms with Gasteiger partial charge >= 0.3 is 0 Å². The van der Waals surface area contributed by atoms with Crippen molar-refractivity contribution in [2.45, 2.75) is 6.42 Å². The summed E-state index contributed by atoms with van der Waals surface area (Å²) in [5.74, 6) is 1.79. The fourth-order valence-corrected chi connectivity index (χ4v) is 4.79.